The summed E-state index contributed by atoms with van der Waals surface area (Å²) in [6.45, 7) is 3.24. The quantitative estimate of drug-likeness (QED) is 0.346. The maximum atomic E-state index is 11.4. The lowest BCUT2D eigenvalue weighted by Crippen LogP contribution is -2.43. The first-order valence-corrected chi connectivity index (χ1v) is 14.1. The van der Waals surface area contributed by atoms with Gasteiger partial charge in [-0.1, -0.05) is 6.07 Å². The van der Waals surface area contributed by atoms with Crippen molar-refractivity contribution in [3.63, 3.8) is 0 Å². The van der Waals surface area contributed by atoms with E-state index in [0.29, 0.717) is 6.42 Å². The van der Waals surface area contributed by atoms with Crippen molar-refractivity contribution in [2.45, 2.75) is 36.0 Å². The zero-order valence-electron chi connectivity index (χ0n) is 20.9. The number of likely N-dealkylation sites (tertiary alicyclic amines) is 1. The summed E-state index contributed by atoms with van der Waals surface area (Å²) in [4.78, 5) is 9.11. The van der Waals surface area contributed by atoms with Gasteiger partial charge in [0, 0.05) is 43.9 Å². The van der Waals surface area contributed by atoms with Crippen LogP contribution in [0.4, 0.5) is 5.69 Å². The zero-order chi connectivity index (χ0) is 24.8. The number of thioether (sulfide) groups is 1. The SMILES string of the molecule is COc1ccc2ncc(N(C)C)c([C@@H](O)CCC3(CO)CCN(CCSc4cccs4)CC3)c2c1. The fourth-order valence-electron chi connectivity index (χ4n) is 4.96. The lowest BCUT2D eigenvalue weighted by molar-refractivity contribution is 0.0255. The van der Waals surface area contributed by atoms with Crippen LogP contribution in [-0.2, 0) is 0 Å². The highest BCUT2D eigenvalue weighted by Gasteiger charge is 2.34. The summed E-state index contributed by atoms with van der Waals surface area (Å²) in [6, 6.07) is 10.1. The summed E-state index contributed by atoms with van der Waals surface area (Å²) >= 11 is 3.72. The molecule has 0 aliphatic carbocycles. The Balaban J connectivity index is 1.40. The number of hydrogen-bond donors (Lipinski definition) is 2. The summed E-state index contributed by atoms with van der Waals surface area (Å²) in [7, 11) is 5.60. The van der Waals surface area contributed by atoms with E-state index in [1.807, 2.05) is 55.2 Å². The molecule has 0 saturated carbocycles. The minimum absolute atomic E-state index is 0.128. The molecule has 1 aromatic carbocycles. The smallest absolute Gasteiger partial charge is 0.119 e. The highest BCUT2D eigenvalue weighted by atomic mass is 32.2. The Hall–Kier alpha value is -1.84. The van der Waals surface area contributed by atoms with Gasteiger partial charge in [0.1, 0.15) is 5.75 Å². The Morgan fingerprint density at radius 3 is 2.71 bits per heavy atom. The first-order chi connectivity index (χ1) is 16.9. The van der Waals surface area contributed by atoms with E-state index in [-0.39, 0.29) is 12.0 Å². The molecule has 3 heterocycles. The molecule has 6 nitrogen and oxygen atoms in total. The Labute approximate surface area is 216 Å². The summed E-state index contributed by atoms with van der Waals surface area (Å²) in [5, 5.41) is 24.8. The van der Waals surface area contributed by atoms with Crippen LogP contribution in [0.1, 0.15) is 37.4 Å². The van der Waals surface area contributed by atoms with E-state index in [9.17, 15) is 10.2 Å². The summed E-state index contributed by atoms with van der Waals surface area (Å²) in [5.74, 6) is 1.84. The molecule has 2 aromatic heterocycles. The fourth-order valence-corrected chi connectivity index (χ4v) is 6.82. The van der Waals surface area contributed by atoms with Crippen molar-refractivity contribution in [2.75, 3.05) is 58.1 Å². The normalized spacial score (nSPS) is 16.9. The second-order valence-corrected chi connectivity index (χ2v) is 12.0. The van der Waals surface area contributed by atoms with E-state index in [0.717, 1.165) is 72.6 Å². The number of aliphatic hydroxyl groups is 2. The highest BCUT2D eigenvalue weighted by molar-refractivity contribution is 8.01. The van der Waals surface area contributed by atoms with Crippen LogP contribution >= 0.6 is 23.1 Å². The van der Waals surface area contributed by atoms with Crippen LogP contribution in [-0.4, -0.2) is 73.3 Å². The number of ether oxygens (including phenoxy) is 1. The number of thiophene rings is 1. The van der Waals surface area contributed by atoms with Gasteiger partial charge in [0.05, 0.1) is 34.8 Å². The molecule has 1 saturated heterocycles. The second kappa shape index (κ2) is 11.9. The van der Waals surface area contributed by atoms with Crippen molar-refractivity contribution in [3.05, 3.63) is 47.5 Å². The predicted octanol–water partition coefficient (Wildman–Crippen LogP) is 5.05. The van der Waals surface area contributed by atoms with E-state index in [1.54, 1.807) is 18.4 Å². The van der Waals surface area contributed by atoms with Crippen molar-refractivity contribution in [1.29, 1.82) is 0 Å². The molecule has 0 radical (unpaired) electrons. The molecule has 0 amide bonds. The van der Waals surface area contributed by atoms with E-state index in [4.69, 9.17) is 4.74 Å². The van der Waals surface area contributed by atoms with Gasteiger partial charge in [-0.3, -0.25) is 4.98 Å². The molecule has 190 valence electrons. The van der Waals surface area contributed by atoms with Gasteiger partial charge in [0.25, 0.3) is 0 Å². The molecule has 35 heavy (non-hydrogen) atoms. The second-order valence-electron chi connectivity index (χ2n) is 9.67. The van der Waals surface area contributed by atoms with Crippen LogP contribution in [0.3, 0.4) is 0 Å². The van der Waals surface area contributed by atoms with Crippen molar-refractivity contribution in [3.8, 4) is 5.75 Å². The molecular weight excluding hydrogens is 478 g/mol. The Bertz CT molecular complexity index is 1080. The number of methoxy groups -OCH3 is 1. The van der Waals surface area contributed by atoms with Gasteiger partial charge in [0.15, 0.2) is 0 Å². The van der Waals surface area contributed by atoms with Gasteiger partial charge in [-0.15, -0.1) is 23.1 Å². The van der Waals surface area contributed by atoms with Crippen LogP contribution in [0.15, 0.2) is 46.1 Å². The first-order valence-electron chi connectivity index (χ1n) is 12.3. The predicted molar refractivity (Wildman–Crippen MR) is 147 cm³/mol. The molecule has 2 N–H and O–H groups in total. The number of hydrogen-bond acceptors (Lipinski definition) is 8. The molecule has 0 unspecified atom stereocenters. The molecule has 1 aliphatic heterocycles. The summed E-state index contributed by atoms with van der Waals surface area (Å²) < 4.78 is 6.82. The number of rotatable bonds is 11. The Kier molecular flexibility index (Phi) is 8.94. The summed E-state index contributed by atoms with van der Waals surface area (Å²) in [6.07, 6.45) is 4.52. The van der Waals surface area contributed by atoms with Crippen molar-refractivity contribution >= 4 is 39.7 Å². The topological polar surface area (TPSA) is 69.1 Å². The van der Waals surface area contributed by atoms with Crippen molar-refractivity contribution in [1.82, 2.24) is 9.88 Å². The first kappa shape index (κ1) is 26.2. The Morgan fingerprint density at radius 2 is 2.06 bits per heavy atom. The monoisotopic (exact) mass is 515 g/mol. The number of piperidine rings is 1. The molecule has 1 fully saturated rings. The number of anilines is 1. The van der Waals surface area contributed by atoms with Gasteiger partial charge in [-0.05, 0) is 73.8 Å². The number of pyridine rings is 1. The van der Waals surface area contributed by atoms with Crippen molar-refractivity contribution in [2.24, 2.45) is 5.41 Å². The van der Waals surface area contributed by atoms with Gasteiger partial charge in [0.2, 0.25) is 0 Å². The van der Waals surface area contributed by atoms with E-state index >= 15 is 0 Å². The van der Waals surface area contributed by atoms with Crippen LogP contribution in [0, 0.1) is 5.41 Å². The zero-order valence-corrected chi connectivity index (χ0v) is 22.6. The fraction of sp³-hybridized carbons (Fsp3) is 0.519. The largest absolute Gasteiger partial charge is 0.497 e. The average molecular weight is 516 g/mol. The van der Waals surface area contributed by atoms with Crippen LogP contribution in [0.5, 0.6) is 5.75 Å². The summed E-state index contributed by atoms with van der Waals surface area (Å²) in [5.41, 5.74) is 2.51. The minimum Gasteiger partial charge on any atom is -0.497 e. The van der Waals surface area contributed by atoms with Gasteiger partial charge >= 0.3 is 0 Å². The van der Waals surface area contributed by atoms with Crippen molar-refractivity contribution < 1.29 is 14.9 Å². The third-order valence-electron chi connectivity index (χ3n) is 7.26. The molecule has 8 heteroatoms. The standard InChI is InChI=1S/C27H37N3O3S2/c1-29(2)23-18-28-22-7-6-20(33-3)17-21(22)26(23)24(32)8-9-27(19-31)10-12-30(13-11-27)14-16-35-25-5-4-15-34-25/h4-7,15,17-18,24,31-32H,8-14,16,19H2,1-3H3/t24-/m0/s1. The highest BCUT2D eigenvalue weighted by Crippen LogP contribution is 2.41. The van der Waals surface area contributed by atoms with Crippen LogP contribution in [0.2, 0.25) is 0 Å². The maximum Gasteiger partial charge on any atom is 0.119 e. The number of nitrogens with zero attached hydrogens (tertiary/aromatic N) is 3. The third-order valence-corrected chi connectivity index (χ3v) is 9.37. The van der Waals surface area contributed by atoms with E-state index < -0.39 is 6.10 Å². The molecule has 3 aromatic rings. The van der Waals surface area contributed by atoms with E-state index in [1.165, 1.54) is 4.21 Å². The Morgan fingerprint density at radius 1 is 1.26 bits per heavy atom. The molecule has 1 aliphatic rings. The molecule has 4 rings (SSSR count). The minimum atomic E-state index is -0.645. The number of fused-ring (bicyclic) bond motifs is 1. The van der Waals surface area contributed by atoms with Gasteiger partial charge in [-0.25, -0.2) is 0 Å². The number of aromatic nitrogens is 1. The molecule has 0 bridgehead atoms. The lowest BCUT2D eigenvalue weighted by Gasteiger charge is -2.41. The average Bonchev–Trinajstić information content (AvgIpc) is 3.40. The molecule has 0 spiro atoms. The third kappa shape index (κ3) is 6.30. The molecular formula is C27H37N3O3S2. The van der Waals surface area contributed by atoms with E-state index in [2.05, 4.69) is 27.4 Å². The van der Waals surface area contributed by atoms with Gasteiger partial charge in [-0.2, -0.15) is 0 Å². The lowest BCUT2D eigenvalue weighted by atomic mass is 9.74. The molecule has 1 atom stereocenters. The van der Waals surface area contributed by atoms with Crippen LogP contribution < -0.4 is 9.64 Å². The maximum absolute atomic E-state index is 11.4. The van der Waals surface area contributed by atoms with Crippen LogP contribution in [0.25, 0.3) is 10.9 Å². The number of benzene rings is 1. The number of aliphatic hydroxyl groups excluding tert-OH is 2. The van der Waals surface area contributed by atoms with Gasteiger partial charge < -0.3 is 24.7 Å².